The molecule has 33 heavy (non-hydrogen) atoms. The van der Waals surface area contributed by atoms with Gasteiger partial charge < -0.3 is 15.5 Å². The molecule has 0 radical (unpaired) electrons. The zero-order valence-electron chi connectivity index (χ0n) is 19.0. The summed E-state index contributed by atoms with van der Waals surface area (Å²) in [6, 6.07) is 4.20. The van der Waals surface area contributed by atoms with Crippen LogP contribution in [0.25, 0.3) is 0 Å². The largest absolute Gasteiger partial charge is 0.339 e. The van der Waals surface area contributed by atoms with Crippen LogP contribution in [0.15, 0.2) is 18.2 Å². The normalized spacial score (nSPS) is 25.3. The Morgan fingerprint density at radius 2 is 1.85 bits per heavy atom. The molecule has 3 fully saturated rings. The molecule has 3 aliphatic rings. The molecule has 0 aromatic heterocycles. The van der Waals surface area contributed by atoms with Gasteiger partial charge in [-0.05, 0) is 69.1 Å². The topological polar surface area (TPSA) is 98.8 Å². The Balaban J connectivity index is 1.45. The van der Waals surface area contributed by atoms with Gasteiger partial charge >= 0.3 is 6.03 Å². The first-order chi connectivity index (χ1) is 15.8. The predicted molar refractivity (Wildman–Crippen MR) is 125 cm³/mol. The van der Waals surface area contributed by atoms with Crippen LogP contribution in [-0.4, -0.2) is 58.7 Å². The van der Waals surface area contributed by atoms with E-state index in [1.807, 2.05) is 0 Å². The molecule has 2 saturated heterocycles. The predicted octanol–water partition coefficient (Wildman–Crippen LogP) is 3.80. The molecule has 2 heterocycles. The number of nitrogens with zero attached hydrogens (tertiary/aromatic N) is 2. The number of nitrogens with one attached hydrogen (secondary N) is 2. The van der Waals surface area contributed by atoms with Crippen molar-refractivity contribution in [3.05, 3.63) is 28.8 Å². The minimum absolute atomic E-state index is 0.164. The van der Waals surface area contributed by atoms with Crippen molar-refractivity contribution >= 4 is 41.0 Å². The van der Waals surface area contributed by atoms with Crippen LogP contribution in [0.1, 0.15) is 68.6 Å². The third-order valence-electron chi connectivity index (χ3n) is 7.21. The van der Waals surface area contributed by atoms with Gasteiger partial charge in [-0.2, -0.15) is 0 Å². The summed E-state index contributed by atoms with van der Waals surface area (Å²) in [5.41, 5.74) is -0.261. The summed E-state index contributed by atoms with van der Waals surface area (Å²) >= 11 is 6.12. The van der Waals surface area contributed by atoms with Gasteiger partial charge in [-0.15, -0.1) is 0 Å². The molecule has 1 aliphatic carbocycles. The van der Waals surface area contributed by atoms with Gasteiger partial charge in [-0.25, -0.2) is 4.79 Å². The average Bonchev–Trinajstić information content (AvgIpc) is 3.04. The third-order valence-corrected chi connectivity index (χ3v) is 7.45. The first kappa shape index (κ1) is 23.5. The average molecular weight is 475 g/mol. The lowest BCUT2D eigenvalue weighted by Crippen LogP contribution is -2.49. The Morgan fingerprint density at radius 3 is 2.52 bits per heavy atom. The molecule has 1 aromatic carbocycles. The lowest BCUT2D eigenvalue weighted by atomic mass is 9.75. The number of halogens is 1. The number of likely N-dealkylation sites (tertiary alicyclic amines) is 1. The van der Waals surface area contributed by atoms with Crippen LogP contribution in [0.4, 0.5) is 10.5 Å². The first-order valence-corrected chi connectivity index (χ1v) is 12.2. The maximum atomic E-state index is 13.1. The molecule has 1 aromatic rings. The Morgan fingerprint density at radius 1 is 1.15 bits per heavy atom. The molecule has 4 rings (SSSR count). The Kier molecular flexibility index (Phi) is 6.93. The van der Waals surface area contributed by atoms with E-state index in [9.17, 15) is 19.2 Å². The minimum atomic E-state index is -0.894. The molecule has 178 valence electrons. The fourth-order valence-corrected chi connectivity index (χ4v) is 5.32. The van der Waals surface area contributed by atoms with Crippen molar-refractivity contribution in [1.82, 2.24) is 15.1 Å². The van der Waals surface area contributed by atoms with Gasteiger partial charge in [0.2, 0.25) is 5.91 Å². The maximum absolute atomic E-state index is 13.1. The standard InChI is InChI=1S/C24H31ClN4O4/c1-2-16-8-10-24(11-9-16)22(32)29(23(33)27-24)15-20(30)26-19-14-17(25)6-7-18(19)21(31)28-12-4-3-5-13-28/h6-7,14,16H,2-5,8-13,15H2,1H3,(H,26,30)(H,27,33). The number of rotatable bonds is 5. The molecular weight excluding hydrogens is 444 g/mol. The number of imide groups is 1. The van der Waals surface area contributed by atoms with Gasteiger partial charge in [-0.1, -0.05) is 24.9 Å². The van der Waals surface area contributed by atoms with Crippen LogP contribution in [-0.2, 0) is 9.59 Å². The molecule has 8 nitrogen and oxygen atoms in total. The summed E-state index contributed by atoms with van der Waals surface area (Å²) in [6.07, 6.45) is 7.01. The molecular formula is C24H31ClN4O4. The highest BCUT2D eigenvalue weighted by Crippen LogP contribution is 2.37. The van der Waals surface area contributed by atoms with E-state index < -0.39 is 24.0 Å². The highest BCUT2D eigenvalue weighted by Gasteiger charge is 2.52. The molecule has 2 N–H and O–H groups in total. The lowest BCUT2D eigenvalue weighted by Gasteiger charge is -2.34. The van der Waals surface area contributed by atoms with Crippen LogP contribution in [0.2, 0.25) is 5.02 Å². The number of benzene rings is 1. The molecule has 1 spiro atoms. The Hall–Kier alpha value is -2.61. The van der Waals surface area contributed by atoms with Gasteiger partial charge in [-0.3, -0.25) is 19.3 Å². The summed E-state index contributed by atoms with van der Waals surface area (Å²) in [7, 11) is 0. The summed E-state index contributed by atoms with van der Waals surface area (Å²) in [4.78, 5) is 54.3. The first-order valence-electron chi connectivity index (χ1n) is 11.9. The van der Waals surface area contributed by atoms with Crippen molar-refractivity contribution in [1.29, 1.82) is 0 Å². The van der Waals surface area contributed by atoms with Gasteiger partial charge in [0.05, 0.1) is 11.3 Å². The van der Waals surface area contributed by atoms with Crippen molar-refractivity contribution < 1.29 is 19.2 Å². The quantitative estimate of drug-likeness (QED) is 0.634. The van der Waals surface area contributed by atoms with E-state index in [4.69, 9.17) is 11.6 Å². The minimum Gasteiger partial charge on any atom is -0.339 e. The van der Waals surface area contributed by atoms with E-state index in [1.54, 1.807) is 17.0 Å². The van der Waals surface area contributed by atoms with E-state index in [0.717, 1.165) is 43.4 Å². The molecule has 0 atom stereocenters. The second-order valence-electron chi connectivity index (χ2n) is 9.35. The third kappa shape index (κ3) is 4.86. The van der Waals surface area contributed by atoms with Gasteiger partial charge in [0.25, 0.3) is 11.8 Å². The second kappa shape index (κ2) is 9.71. The van der Waals surface area contributed by atoms with E-state index in [1.165, 1.54) is 6.07 Å². The zero-order chi connectivity index (χ0) is 23.6. The lowest BCUT2D eigenvalue weighted by molar-refractivity contribution is -0.135. The smallest absolute Gasteiger partial charge is 0.325 e. The number of carbonyl (C=O) groups excluding carboxylic acids is 4. The van der Waals surface area contributed by atoms with Crippen LogP contribution in [0, 0.1) is 5.92 Å². The van der Waals surface area contributed by atoms with Crippen LogP contribution in [0.3, 0.4) is 0 Å². The molecule has 9 heteroatoms. The van der Waals surface area contributed by atoms with Crippen molar-refractivity contribution in [2.75, 3.05) is 25.0 Å². The van der Waals surface area contributed by atoms with E-state index in [2.05, 4.69) is 17.6 Å². The van der Waals surface area contributed by atoms with Crippen LogP contribution >= 0.6 is 11.6 Å². The van der Waals surface area contributed by atoms with Gasteiger partial charge in [0, 0.05) is 18.1 Å². The maximum Gasteiger partial charge on any atom is 0.325 e. The van der Waals surface area contributed by atoms with Crippen LogP contribution in [0.5, 0.6) is 0 Å². The SMILES string of the molecule is CCC1CCC2(CC1)NC(=O)N(CC(=O)Nc1cc(Cl)ccc1C(=O)N1CCCCC1)C2=O. The highest BCUT2D eigenvalue weighted by molar-refractivity contribution is 6.31. The molecule has 1 saturated carbocycles. The number of urea groups is 1. The molecule has 0 bridgehead atoms. The second-order valence-corrected chi connectivity index (χ2v) is 9.78. The number of carbonyl (C=O) groups is 4. The number of amides is 5. The fourth-order valence-electron chi connectivity index (χ4n) is 5.14. The molecule has 2 aliphatic heterocycles. The highest BCUT2D eigenvalue weighted by atomic mass is 35.5. The Labute approximate surface area is 199 Å². The van der Waals surface area contributed by atoms with Crippen molar-refractivity contribution in [3.8, 4) is 0 Å². The summed E-state index contributed by atoms with van der Waals surface area (Å²) in [5.74, 6) is -0.486. The monoisotopic (exact) mass is 474 g/mol. The number of hydrogen-bond acceptors (Lipinski definition) is 4. The summed E-state index contributed by atoms with van der Waals surface area (Å²) in [6.45, 7) is 3.08. The number of piperidine rings is 1. The Bertz CT molecular complexity index is 952. The summed E-state index contributed by atoms with van der Waals surface area (Å²) < 4.78 is 0. The van der Waals surface area contributed by atoms with Gasteiger partial charge in [0.1, 0.15) is 12.1 Å². The zero-order valence-corrected chi connectivity index (χ0v) is 19.7. The van der Waals surface area contributed by atoms with Crippen molar-refractivity contribution in [2.24, 2.45) is 5.92 Å². The van der Waals surface area contributed by atoms with E-state index in [-0.39, 0.29) is 17.5 Å². The molecule has 5 amide bonds. The van der Waals surface area contributed by atoms with Crippen LogP contribution < -0.4 is 10.6 Å². The summed E-state index contributed by atoms with van der Waals surface area (Å²) in [5, 5.41) is 5.92. The van der Waals surface area contributed by atoms with E-state index >= 15 is 0 Å². The number of hydrogen-bond donors (Lipinski definition) is 2. The fraction of sp³-hybridized carbons (Fsp3) is 0.583. The number of anilines is 1. The van der Waals surface area contributed by atoms with Crippen molar-refractivity contribution in [3.63, 3.8) is 0 Å². The van der Waals surface area contributed by atoms with Crippen molar-refractivity contribution in [2.45, 2.75) is 63.8 Å². The van der Waals surface area contributed by atoms with Gasteiger partial charge in [0.15, 0.2) is 0 Å². The van der Waals surface area contributed by atoms with E-state index in [0.29, 0.717) is 42.4 Å². The molecule has 0 unspecified atom stereocenters.